The number of methoxy groups -OCH3 is 1. The van der Waals surface area contributed by atoms with Crippen LogP contribution in [0.15, 0.2) is 111 Å². The van der Waals surface area contributed by atoms with Crippen LogP contribution in [0, 0.1) is 0 Å². The summed E-state index contributed by atoms with van der Waals surface area (Å²) in [7, 11) is -8.81. The molecule has 1 aromatic heterocycles. The summed E-state index contributed by atoms with van der Waals surface area (Å²) in [5.74, 6) is 0.504. The van der Waals surface area contributed by atoms with Gasteiger partial charge in [0.1, 0.15) is 10.6 Å². The van der Waals surface area contributed by atoms with Crippen molar-refractivity contribution in [2.45, 2.75) is 55.1 Å². The highest BCUT2D eigenvalue weighted by Crippen LogP contribution is 2.40. The minimum atomic E-state index is -4.52. The largest absolute Gasteiger partial charge is 0.497 e. The average molecular weight is 769 g/mol. The fourth-order valence-electron chi connectivity index (χ4n) is 5.03. The lowest BCUT2D eigenvalue weighted by atomic mass is 10.2. The summed E-state index contributed by atoms with van der Waals surface area (Å²) in [5, 5.41) is 13.0. The Kier molecular flexibility index (Phi) is 11.0. The van der Waals surface area contributed by atoms with Crippen molar-refractivity contribution in [1.82, 2.24) is 24.5 Å². The fraction of sp³-hybridized carbons (Fsp3) is 0.265. The predicted octanol–water partition coefficient (Wildman–Crippen LogP) is 6.66. The number of sulfone groups is 1. The van der Waals surface area contributed by atoms with Crippen molar-refractivity contribution in [2.75, 3.05) is 12.9 Å². The van der Waals surface area contributed by atoms with E-state index in [9.17, 15) is 8.42 Å². The van der Waals surface area contributed by atoms with Gasteiger partial charge in [-0.05, 0) is 68.1 Å². The Morgan fingerprint density at radius 3 is 1.92 bits per heavy atom. The zero-order valence-corrected chi connectivity index (χ0v) is 31.5. The molecule has 0 saturated heterocycles. The van der Waals surface area contributed by atoms with E-state index in [-0.39, 0.29) is 46.6 Å². The predicted molar refractivity (Wildman–Crippen MR) is 193 cm³/mol. The van der Waals surface area contributed by atoms with Crippen LogP contribution in [0.5, 0.6) is 5.75 Å². The minimum absolute atomic E-state index is 0.00992. The molecule has 1 heterocycles. The van der Waals surface area contributed by atoms with E-state index in [1.807, 2.05) is 84.9 Å². The lowest BCUT2D eigenvalue weighted by Gasteiger charge is -2.26. The first-order valence-corrected chi connectivity index (χ1v) is 22.9. The summed E-state index contributed by atoms with van der Waals surface area (Å²) in [6.07, 6.45) is 0. The highest BCUT2D eigenvalue weighted by molar-refractivity contribution is 9.10. The quantitative estimate of drug-likeness (QED) is 0.115. The van der Waals surface area contributed by atoms with Crippen molar-refractivity contribution in [3.8, 4) is 17.1 Å². The number of halogens is 1. The van der Waals surface area contributed by atoms with Crippen LogP contribution in [0.2, 0.25) is 25.7 Å². The van der Waals surface area contributed by atoms with Gasteiger partial charge in [0.05, 0.1) is 29.9 Å². The molecule has 5 aromatic rings. The molecule has 0 radical (unpaired) electrons. The Bertz CT molecular complexity index is 2030. The molecule has 0 aliphatic heterocycles. The van der Waals surface area contributed by atoms with Crippen molar-refractivity contribution in [2.24, 2.45) is 0 Å². The van der Waals surface area contributed by atoms with Crippen molar-refractivity contribution >= 4 is 43.9 Å². The van der Waals surface area contributed by atoms with Crippen LogP contribution >= 0.6 is 15.9 Å². The zero-order chi connectivity index (χ0) is 34.5. The van der Waals surface area contributed by atoms with E-state index in [0.717, 1.165) is 16.7 Å². The Morgan fingerprint density at radius 2 is 1.38 bits per heavy atom. The lowest BCUT2D eigenvalue weighted by Crippen LogP contribution is -2.32. The van der Waals surface area contributed by atoms with E-state index in [0.29, 0.717) is 16.3 Å². The summed E-state index contributed by atoms with van der Waals surface area (Å²) in [5.41, 5.74) is 2.41. The molecule has 0 bridgehead atoms. The van der Waals surface area contributed by atoms with Crippen LogP contribution in [0.25, 0.3) is 11.4 Å². The van der Waals surface area contributed by atoms with Gasteiger partial charge in [-0.1, -0.05) is 92.4 Å². The fourth-order valence-corrected chi connectivity index (χ4v) is 12.5. The van der Waals surface area contributed by atoms with Gasteiger partial charge in [0, 0.05) is 25.6 Å². The first kappa shape index (κ1) is 35.6. The third-order valence-electron chi connectivity index (χ3n) is 7.69. The topological polar surface area (TPSA) is 124 Å². The van der Waals surface area contributed by atoms with Crippen LogP contribution in [0.1, 0.15) is 16.7 Å². The van der Waals surface area contributed by atoms with Crippen LogP contribution in [0.4, 0.5) is 0 Å². The maximum Gasteiger partial charge on any atom is 0.245 e. The van der Waals surface area contributed by atoms with Crippen LogP contribution in [-0.4, -0.2) is 62.3 Å². The summed E-state index contributed by atoms with van der Waals surface area (Å²) >= 11 is 3.52. The maximum atomic E-state index is 15.1. The van der Waals surface area contributed by atoms with Gasteiger partial charge in [-0.15, -0.1) is 10.2 Å². The molecule has 0 N–H and O–H groups in total. The van der Waals surface area contributed by atoms with E-state index >= 15 is 8.42 Å². The number of nitrogens with zero attached hydrogens (tertiary/aromatic N) is 5. The van der Waals surface area contributed by atoms with E-state index in [1.54, 1.807) is 13.2 Å². The third kappa shape index (κ3) is 8.66. The second-order valence-corrected chi connectivity index (χ2v) is 23.0. The molecular formula is C34H38BrN5O5S2Si. The molecule has 10 nitrogen and oxygen atoms in total. The van der Waals surface area contributed by atoms with Gasteiger partial charge < -0.3 is 4.74 Å². The monoisotopic (exact) mass is 767 g/mol. The molecule has 252 valence electrons. The van der Waals surface area contributed by atoms with Crippen molar-refractivity contribution in [3.05, 3.63) is 118 Å². The van der Waals surface area contributed by atoms with E-state index in [2.05, 4.69) is 51.0 Å². The van der Waals surface area contributed by atoms with Crippen LogP contribution in [-0.2, 0) is 39.5 Å². The Labute approximate surface area is 291 Å². The smallest absolute Gasteiger partial charge is 0.245 e. The highest BCUT2D eigenvalue weighted by Gasteiger charge is 2.37. The Balaban J connectivity index is 1.68. The molecule has 0 aliphatic carbocycles. The molecule has 0 amide bonds. The first-order valence-electron chi connectivity index (χ1n) is 15.3. The number of hydrogen-bond acceptors (Lipinski definition) is 8. The van der Waals surface area contributed by atoms with Crippen molar-refractivity contribution in [1.29, 1.82) is 0 Å². The molecule has 0 atom stereocenters. The van der Waals surface area contributed by atoms with Gasteiger partial charge in [0.25, 0.3) is 0 Å². The van der Waals surface area contributed by atoms with Crippen molar-refractivity contribution < 1.29 is 21.6 Å². The molecule has 48 heavy (non-hydrogen) atoms. The van der Waals surface area contributed by atoms with Gasteiger partial charge in [0.15, 0.2) is 9.84 Å². The lowest BCUT2D eigenvalue weighted by molar-refractivity contribution is 0.400. The molecular weight excluding hydrogens is 731 g/mol. The number of hydrogen-bond donors (Lipinski definition) is 0. The normalized spacial score (nSPS) is 12.4. The van der Waals surface area contributed by atoms with E-state index in [4.69, 9.17) is 4.74 Å². The van der Waals surface area contributed by atoms with Gasteiger partial charge in [0.2, 0.25) is 15.8 Å². The van der Waals surface area contributed by atoms with Gasteiger partial charge in [-0.2, -0.15) is 9.10 Å². The summed E-state index contributed by atoms with van der Waals surface area (Å²) in [4.78, 5) is 0.692. The summed E-state index contributed by atoms with van der Waals surface area (Å²) in [6.45, 7) is 6.52. The number of ether oxygens (including phenoxy) is 1. The SMILES string of the molecule is COc1ccc(Cn2nnc(-c3c(Br)ccc(S(=O)(=O)CC[Si](C)(C)C)c3S(=O)(=O)N(Cc3ccccc3)Cc3ccccc3)n2)cc1. The number of benzene rings is 4. The van der Waals surface area contributed by atoms with Gasteiger partial charge in [-0.3, -0.25) is 0 Å². The van der Waals surface area contributed by atoms with E-state index < -0.39 is 27.9 Å². The van der Waals surface area contributed by atoms with Crippen LogP contribution in [0.3, 0.4) is 0 Å². The molecule has 0 spiro atoms. The first-order chi connectivity index (χ1) is 22.8. The Hall–Kier alpha value is -3.69. The zero-order valence-electron chi connectivity index (χ0n) is 27.2. The number of rotatable bonds is 14. The third-order valence-corrected chi connectivity index (χ3v) is 14.2. The average Bonchev–Trinajstić information content (AvgIpc) is 3.52. The second-order valence-electron chi connectivity index (χ2n) is 12.6. The van der Waals surface area contributed by atoms with E-state index in [1.165, 1.54) is 15.2 Å². The maximum absolute atomic E-state index is 15.1. The Morgan fingerprint density at radius 1 is 0.792 bits per heavy atom. The molecule has 5 rings (SSSR count). The molecule has 0 fully saturated rings. The summed E-state index contributed by atoms with van der Waals surface area (Å²) in [6, 6.07) is 29.2. The van der Waals surface area contributed by atoms with Gasteiger partial charge in [-0.25, -0.2) is 16.8 Å². The molecule has 0 saturated carbocycles. The highest BCUT2D eigenvalue weighted by atomic mass is 79.9. The van der Waals surface area contributed by atoms with Crippen molar-refractivity contribution in [3.63, 3.8) is 0 Å². The number of sulfonamides is 1. The second kappa shape index (κ2) is 14.8. The molecule has 0 unspecified atom stereocenters. The standard InChI is InChI=1S/C34H38BrN5O5S2Si/c1-45-29-17-15-28(16-18-29)25-40-37-34(36-38-40)32-30(35)19-20-31(46(41,42)21-22-48(2,3)4)33(32)47(43,44)39(23-26-11-7-5-8-12-26)24-27-13-9-6-10-14-27/h5-20H,21-25H2,1-4H3. The van der Waals surface area contributed by atoms with Crippen LogP contribution < -0.4 is 4.74 Å². The molecule has 0 aliphatic rings. The summed E-state index contributed by atoms with van der Waals surface area (Å²) < 4.78 is 65.3. The number of tetrazole rings is 1. The number of aromatic nitrogens is 4. The molecule has 14 heteroatoms. The molecule has 4 aromatic carbocycles. The minimum Gasteiger partial charge on any atom is -0.497 e. The van der Waals surface area contributed by atoms with Gasteiger partial charge >= 0.3 is 0 Å².